The number of ether oxygens (including phenoxy) is 1. The highest BCUT2D eigenvalue weighted by Gasteiger charge is 2.27. The van der Waals surface area contributed by atoms with Crippen LogP contribution in [0.25, 0.3) is 22.4 Å². The van der Waals surface area contributed by atoms with Crippen molar-refractivity contribution in [1.29, 1.82) is 0 Å². The minimum Gasteiger partial charge on any atom is -0.484 e. The monoisotopic (exact) mass is 442 g/mol. The molecule has 2 aromatic heterocycles. The average Bonchev–Trinajstić information content (AvgIpc) is 3.37. The zero-order valence-corrected chi connectivity index (χ0v) is 18.3. The van der Waals surface area contributed by atoms with Gasteiger partial charge in [0.05, 0.1) is 0 Å². The number of rotatable bonds is 7. The van der Waals surface area contributed by atoms with Crippen LogP contribution in [0.2, 0.25) is 0 Å². The topological polar surface area (TPSA) is 90.1 Å². The highest BCUT2D eigenvalue weighted by molar-refractivity contribution is 5.92. The van der Waals surface area contributed by atoms with Gasteiger partial charge in [0.1, 0.15) is 11.4 Å². The van der Waals surface area contributed by atoms with Gasteiger partial charge in [0.2, 0.25) is 5.89 Å². The van der Waals surface area contributed by atoms with Crippen molar-refractivity contribution < 1.29 is 13.9 Å². The fourth-order valence-electron chi connectivity index (χ4n) is 4.37. The van der Waals surface area contributed by atoms with Gasteiger partial charge in [-0.1, -0.05) is 42.5 Å². The number of nitrogens with one attached hydrogen (secondary N) is 1. The molecule has 0 unspecified atom stereocenters. The molecule has 1 saturated carbocycles. The highest BCUT2D eigenvalue weighted by Crippen LogP contribution is 2.36. The first-order chi connectivity index (χ1) is 16.3. The van der Waals surface area contributed by atoms with Crippen molar-refractivity contribution in [2.75, 3.05) is 13.2 Å². The van der Waals surface area contributed by atoms with Gasteiger partial charge in [-0.2, -0.15) is 0 Å². The fourth-order valence-corrected chi connectivity index (χ4v) is 4.37. The van der Waals surface area contributed by atoms with Crippen LogP contribution >= 0.6 is 0 Å². The van der Waals surface area contributed by atoms with Gasteiger partial charge in [-0.25, -0.2) is 0 Å². The van der Waals surface area contributed by atoms with Crippen LogP contribution in [0.4, 0.5) is 0 Å². The van der Waals surface area contributed by atoms with Crippen LogP contribution in [0.1, 0.15) is 37.5 Å². The van der Waals surface area contributed by atoms with Gasteiger partial charge in [-0.05, 0) is 55.2 Å². The molecule has 1 aliphatic rings. The number of amides is 1. The molecule has 2 aromatic carbocycles. The average molecular weight is 443 g/mol. The molecule has 0 aliphatic heterocycles. The lowest BCUT2D eigenvalue weighted by Gasteiger charge is -2.26. The molecule has 168 valence electrons. The first-order valence-corrected chi connectivity index (χ1v) is 11.4. The van der Waals surface area contributed by atoms with Crippen molar-refractivity contribution in [3.05, 3.63) is 72.8 Å². The first kappa shape index (κ1) is 21.1. The lowest BCUT2D eigenvalue weighted by molar-refractivity contribution is -0.123. The molecule has 0 radical (unpaired) electrons. The molecule has 0 saturated heterocycles. The van der Waals surface area contributed by atoms with Crippen LogP contribution in [-0.4, -0.2) is 34.2 Å². The lowest BCUT2D eigenvalue weighted by atomic mass is 9.82. The Labute approximate surface area is 192 Å². The number of nitrogens with zero attached hydrogens (tertiary/aromatic N) is 3. The summed E-state index contributed by atoms with van der Waals surface area (Å²) in [6.07, 6.45) is 5.71. The van der Waals surface area contributed by atoms with Crippen molar-refractivity contribution in [3.8, 4) is 17.3 Å². The number of hydrogen-bond donors (Lipinski definition) is 1. The molecule has 1 amide bonds. The Morgan fingerprint density at radius 1 is 0.970 bits per heavy atom. The van der Waals surface area contributed by atoms with Crippen LogP contribution in [0.15, 0.2) is 71.3 Å². The third-order valence-electron chi connectivity index (χ3n) is 6.21. The summed E-state index contributed by atoms with van der Waals surface area (Å²) in [6, 6.07) is 19.4. The predicted molar refractivity (Wildman–Crippen MR) is 125 cm³/mol. The second kappa shape index (κ2) is 9.81. The van der Waals surface area contributed by atoms with E-state index in [-0.39, 0.29) is 18.4 Å². The summed E-state index contributed by atoms with van der Waals surface area (Å²) in [4.78, 5) is 16.6. The largest absolute Gasteiger partial charge is 0.484 e. The maximum atomic E-state index is 12.1. The SMILES string of the molecule is O=C(COc1ccccc1)NCC1CCC(c2nnc(-c3nccc4ccccc34)o2)CC1. The zero-order chi connectivity index (χ0) is 22.5. The summed E-state index contributed by atoms with van der Waals surface area (Å²) in [7, 11) is 0. The van der Waals surface area contributed by atoms with Gasteiger partial charge in [-0.3, -0.25) is 9.78 Å². The van der Waals surface area contributed by atoms with Crippen LogP contribution < -0.4 is 10.1 Å². The smallest absolute Gasteiger partial charge is 0.266 e. The molecule has 5 rings (SSSR count). The van der Waals surface area contributed by atoms with E-state index in [9.17, 15) is 4.79 Å². The first-order valence-electron chi connectivity index (χ1n) is 11.4. The number of carbonyl (C=O) groups is 1. The molecular weight excluding hydrogens is 416 g/mol. The molecule has 7 nitrogen and oxygen atoms in total. The molecule has 1 N–H and O–H groups in total. The number of hydrogen-bond acceptors (Lipinski definition) is 6. The molecule has 1 fully saturated rings. The van der Waals surface area contributed by atoms with Gasteiger partial charge in [0.25, 0.3) is 11.8 Å². The third kappa shape index (κ3) is 5.03. The molecule has 33 heavy (non-hydrogen) atoms. The van der Waals surface area contributed by atoms with E-state index in [0.29, 0.717) is 30.0 Å². The van der Waals surface area contributed by atoms with E-state index in [4.69, 9.17) is 9.15 Å². The molecule has 0 spiro atoms. The standard InChI is InChI=1S/C26H26N4O3/c31-23(17-32-21-7-2-1-3-8-21)28-16-18-10-12-20(13-11-18)25-29-30-26(33-25)24-22-9-5-4-6-19(22)14-15-27-24/h1-9,14-15,18,20H,10-13,16-17H2,(H,28,31). The Hall–Kier alpha value is -3.74. The quantitative estimate of drug-likeness (QED) is 0.444. The van der Waals surface area contributed by atoms with Crippen LogP contribution in [0.3, 0.4) is 0 Å². The maximum Gasteiger partial charge on any atom is 0.266 e. The van der Waals surface area contributed by atoms with E-state index in [2.05, 4.69) is 20.5 Å². The molecular formula is C26H26N4O3. The zero-order valence-electron chi connectivity index (χ0n) is 18.3. The van der Waals surface area contributed by atoms with E-state index in [1.807, 2.05) is 60.7 Å². The Morgan fingerprint density at radius 3 is 2.61 bits per heavy atom. The molecule has 4 aromatic rings. The molecule has 0 bridgehead atoms. The van der Waals surface area contributed by atoms with E-state index in [1.54, 1.807) is 6.20 Å². The van der Waals surface area contributed by atoms with Gasteiger partial charge in [-0.15, -0.1) is 10.2 Å². The Bertz CT molecular complexity index is 1210. The van der Waals surface area contributed by atoms with Gasteiger partial charge in [0, 0.05) is 24.0 Å². The Kier molecular flexibility index (Phi) is 6.28. The molecule has 2 heterocycles. The lowest BCUT2D eigenvalue weighted by Crippen LogP contribution is -2.34. The number of fused-ring (bicyclic) bond motifs is 1. The van der Waals surface area contributed by atoms with Crippen LogP contribution in [0.5, 0.6) is 5.75 Å². The normalized spacial score (nSPS) is 18.2. The summed E-state index contributed by atoms with van der Waals surface area (Å²) in [5.41, 5.74) is 0.723. The van der Waals surface area contributed by atoms with Crippen molar-refractivity contribution in [2.24, 2.45) is 5.92 Å². The predicted octanol–water partition coefficient (Wildman–Crippen LogP) is 4.75. The van der Waals surface area contributed by atoms with Gasteiger partial charge >= 0.3 is 0 Å². The van der Waals surface area contributed by atoms with Crippen molar-refractivity contribution in [2.45, 2.75) is 31.6 Å². The fraction of sp³-hybridized carbons (Fsp3) is 0.308. The van der Waals surface area contributed by atoms with E-state index in [1.165, 1.54) is 0 Å². The van der Waals surface area contributed by atoms with Crippen molar-refractivity contribution in [3.63, 3.8) is 0 Å². The Balaban J connectivity index is 1.12. The van der Waals surface area contributed by atoms with Gasteiger partial charge in [0.15, 0.2) is 6.61 Å². The second-order valence-electron chi connectivity index (χ2n) is 8.45. The maximum absolute atomic E-state index is 12.1. The van der Waals surface area contributed by atoms with E-state index in [0.717, 1.165) is 42.1 Å². The summed E-state index contributed by atoms with van der Waals surface area (Å²) in [6.45, 7) is 0.699. The molecule has 7 heteroatoms. The van der Waals surface area contributed by atoms with E-state index < -0.39 is 0 Å². The van der Waals surface area contributed by atoms with Gasteiger partial charge < -0.3 is 14.5 Å². The Morgan fingerprint density at radius 2 is 1.76 bits per heavy atom. The summed E-state index contributed by atoms with van der Waals surface area (Å²) >= 11 is 0. The summed E-state index contributed by atoms with van der Waals surface area (Å²) in [5, 5.41) is 13.7. The third-order valence-corrected chi connectivity index (χ3v) is 6.21. The number of aromatic nitrogens is 3. The summed E-state index contributed by atoms with van der Waals surface area (Å²) < 4.78 is 11.6. The number of benzene rings is 2. The van der Waals surface area contributed by atoms with Crippen LogP contribution in [0, 0.1) is 5.92 Å². The minimum atomic E-state index is -0.0925. The minimum absolute atomic E-state index is 0.0341. The van der Waals surface area contributed by atoms with Crippen molar-refractivity contribution >= 4 is 16.7 Å². The summed E-state index contributed by atoms with van der Waals surface area (Å²) in [5.74, 6) is 2.45. The second-order valence-corrected chi connectivity index (χ2v) is 8.45. The number of para-hydroxylation sites is 1. The van der Waals surface area contributed by atoms with E-state index >= 15 is 0 Å². The highest BCUT2D eigenvalue weighted by atomic mass is 16.5. The van der Waals surface area contributed by atoms with Crippen LogP contribution in [-0.2, 0) is 4.79 Å². The van der Waals surface area contributed by atoms with Crippen molar-refractivity contribution in [1.82, 2.24) is 20.5 Å². The number of pyridine rings is 1. The molecule has 1 aliphatic carbocycles. The number of carbonyl (C=O) groups excluding carboxylic acids is 1. The molecule has 0 atom stereocenters.